The van der Waals surface area contributed by atoms with Gasteiger partial charge < -0.3 is 10.2 Å². The Balaban J connectivity index is 1.59. The van der Waals surface area contributed by atoms with Crippen molar-refractivity contribution in [2.24, 2.45) is 0 Å². The minimum Gasteiger partial charge on any atom is -0.323 e. The molecule has 0 aliphatic heterocycles. The van der Waals surface area contributed by atoms with Crippen LogP contribution in [0.5, 0.6) is 0 Å². The van der Waals surface area contributed by atoms with Gasteiger partial charge in [-0.2, -0.15) is 5.10 Å². The molecule has 1 heterocycles. The van der Waals surface area contributed by atoms with Crippen LogP contribution in [0.4, 0.5) is 5.69 Å². The second-order valence-corrected chi connectivity index (χ2v) is 7.98. The predicted molar refractivity (Wildman–Crippen MR) is 119 cm³/mol. The van der Waals surface area contributed by atoms with E-state index >= 15 is 0 Å². The molecule has 0 radical (unpaired) electrons. The van der Waals surface area contributed by atoms with Gasteiger partial charge in [0.1, 0.15) is 0 Å². The predicted octanol–water partition coefficient (Wildman–Crippen LogP) is 5.26. The van der Waals surface area contributed by atoms with Crippen LogP contribution < -0.4 is 5.32 Å². The second-order valence-electron chi connectivity index (χ2n) is 7.11. The van der Waals surface area contributed by atoms with Crippen LogP contribution >= 0.6 is 23.2 Å². The fourth-order valence-corrected chi connectivity index (χ4v) is 3.80. The lowest BCUT2D eigenvalue weighted by Crippen LogP contribution is -2.24. The van der Waals surface area contributed by atoms with Crippen molar-refractivity contribution < 1.29 is 4.79 Å². The smallest absolute Gasteiger partial charge is 0.225 e. The van der Waals surface area contributed by atoms with Crippen LogP contribution in [0.3, 0.4) is 0 Å². The van der Waals surface area contributed by atoms with Crippen molar-refractivity contribution in [3.05, 3.63) is 75.5 Å². The molecule has 2 aromatic carbocycles. The van der Waals surface area contributed by atoms with Crippen molar-refractivity contribution in [2.75, 3.05) is 18.9 Å². The number of aryl methyl sites for hydroxylation is 1. The number of benzene rings is 2. The Labute approximate surface area is 181 Å². The van der Waals surface area contributed by atoms with Crippen molar-refractivity contribution in [3.63, 3.8) is 0 Å². The quantitative estimate of drug-likeness (QED) is 0.556. The summed E-state index contributed by atoms with van der Waals surface area (Å²) in [6, 6.07) is 15.3. The molecule has 0 atom stereocenters. The van der Waals surface area contributed by atoms with Gasteiger partial charge in [0, 0.05) is 29.6 Å². The third kappa shape index (κ3) is 5.60. The van der Waals surface area contributed by atoms with Gasteiger partial charge in [-0.1, -0.05) is 41.4 Å². The molecule has 0 fully saturated rings. The number of carbonyl (C=O) groups is 1. The summed E-state index contributed by atoms with van der Waals surface area (Å²) in [6.45, 7) is 5.13. The highest BCUT2D eigenvalue weighted by molar-refractivity contribution is 6.34. The molecule has 0 saturated heterocycles. The van der Waals surface area contributed by atoms with E-state index in [1.54, 1.807) is 6.07 Å². The molecule has 3 rings (SSSR count). The number of hydrogen-bond donors (Lipinski definition) is 1. The molecular formula is C22H24Cl2N4O. The van der Waals surface area contributed by atoms with Crippen LogP contribution in [0.25, 0.3) is 5.69 Å². The van der Waals surface area contributed by atoms with Gasteiger partial charge in [0.05, 0.1) is 22.8 Å². The largest absolute Gasteiger partial charge is 0.323 e. The Morgan fingerprint density at radius 2 is 1.76 bits per heavy atom. The minimum atomic E-state index is -0.0419. The second kappa shape index (κ2) is 9.44. The molecule has 1 aromatic heterocycles. The number of halogens is 2. The van der Waals surface area contributed by atoms with Crippen LogP contribution in [0, 0.1) is 13.8 Å². The summed E-state index contributed by atoms with van der Waals surface area (Å²) in [6.07, 6.45) is 0.375. The maximum absolute atomic E-state index is 12.5. The highest BCUT2D eigenvalue weighted by Gasteiger charge is 2.15. The lowest BCUT2D eigenvalue weighted by atomic mass is 10.2. The summed E-state index contributed by atoms with van der Waals surface area (Å²) in [4.78, 5) is 14.6. The first-order valence-electron chi connectivity index (χ1n) is 9.38. The molecule has 0 aliphatic rings. The van der Waals surface area contributed by atoms with E-state index in [0.717, 1.165) is 28.3 Å². The molecule has 0 aliphatic carbocycles. The van der Waals surface area contributed by atoms with Crippen molar-refractivity contribution in [1.29, 1.82) is 0 Å². The molecule has 3 aromatic rings. The number of carbonyl (C=O) groups excluding carboxylic acids is 1. The fourth-order valence-electron chi connectivity index (χ4n) is 3.23. The number of aromatic nitrogens is 2. The Morgan fingerprint density at radius 1 is 1.10 bits per heavy atom. The third-order valence-corrected chi connectivity index (χ3v) is 5.09. The Bertz CT molecular complexity index is 981. The van der Waals surface area contributed by atoms with Gasteiger partial charge in [0.25, 0.3) is 0 Å². The monoisotopic (exact) mass is 430 g/mol. The average Bonchev–Trinajstić information content (AvgIpc) is 2.94. The van der Waals surface area contributed by atoms with E-state index in [4.69, 9.17) is 23.2 Å². The summed E-state index contributed by atoms with van der Waals surface area (Å²) in [7, 11) is 1.96. The van der Waals surface area contributed by atoms with E-state index in [0.29, 0.717) is 29.6 Å². The summed E-state index contributed by atoms with van der Waals surface area (Å²) < 4.78 is 1.85. The van der Waals surface area contributed by atoms with E-state index in [2.05, 4.69) is 15.3 Å². The van der Waals surface area contributed by atoms with E-state index in [-0.39, 0.29) is 5.91 Å². The SMILES string of the molecule is Cc1nn(-c2ccccc2)c(C)c1NC(=O)CCN(C)Cc1cc(Cl)cc(Cl)c1. The molecule has 0 spiro atoms. The molecule has 5 nitrogen and oxygen atoms in total. The Hall–Kier alpha value is -2.34. The molecule has 0 unspecified atom stereocenters. The lowest BCUT2D eigenvalue weighted by molar-refractivity contribution is -0.116. The zero-order valence-corrected chi connectivity index (χ0v) is 18.3. The fraction of sp³-hybridized carbons (Fsp3) is 0.273. The molecule has 0 saturated carbocycles. The van der Waals surface area contributed by atoms with E-state index in [9.17, 15) is 4.79 Å². The summed E-state index contributed by atoms with van der Waals surface area (Å²) in [5, 5.41) is 8.80. The van der Waals surface area contributed by atoms with Crippen molar-refractivity contribution in [2.45, 2.75) is 26.8 Å². The molecule has 29 heavy (non-hydrogen) atoms. The van der Waals surface area contributed by atoms with Crippen molar-refractivity contribution >= 4 is 34.8 Å². The first-order chi connectivity index (χ1) is 13.8. The number of amides is 1. The van der Waals surface area contributed by atoms with Crippen molar-refractivity contribution in [1.82, 2.24) is 14.7 Å². The van der Waals surface area contributed by atoms with Crippen LogP contribution in [-0.4, -0.2) is 34.2 Å². The maximum atomic E-state index is 12.5. The maximum Gasteiger partial charge on any atom is 0.225 e. The standard InChI is InChI=1S/C22H24Cl2N4O/c1-15-22(16(2)28(26-15)20-7-5-4-6-8-20)25-21(29)9-10-27(3)14-17-11-18(23)13-19(24)12-17/h4-8,11-13H,9-10,14H2,1-3H3,(H,25,29). The molecular weight excluding hydrogens is 407 g/mol. The molecule has 0 bridgehead atoms. The van der Waals surface area contributed by atoms with Gasteiger partial charge in [0.15, 0.2) is 0 Å². The number of para-hydroxylation sites is 1. The summed E-state index contributed by atoms with van der Waals surface area (Å²) in [5.41, 5.74) is 4.45. The van der Waals surface area contributed by atoms with E-state index in [1.807, 2.05) is 68.0 Å². The number of anilines is 1. The average molecular weight is 431 g/mol. The zero-order chi connectivity index (χ0) is 21.0. The summed E-state index contributed by atoms with van der Waals surface area (Å²) in [5.74, 6) is -0.0419. The third-order valence-electron chi connectivity index (χ3n) is 4.65. The van der Waals surface area contributed by atoms with Crippen LogP contribution in [0.2, 0.25) is 10.0 Å². The number of hydrogen-bond acceptors (Lipinski definition) is 3. The van der Waals surface area contributed by atoms with Gasteiger partial charge in [-0.05, 0) is 56.8 Å². The van der Waals surface area contributed by atoms with Gasteiger partial charge in [-0.15, -0.1) is 0 Å². The molecule has 1 N–H and O–H groups in total. The Kier molecular flexibility index (Phi) is 6.96. The molecule has 7 heteroatoms. The van der Waals surface area contributed by atoms with Gasteiger partial charge in [0.2, 0.25) is 5.91 Å². The van der Waals surface area contributed by atoms with Crippen LogP contribution in [-0.2, 0) is 11.3 Å². The van der Waals surface area contributed by atoms with E-state index in [1.165, 1.54) is 0 Å². The van der Waals surface area contributed by atoms with Gasteiger partial charge >= 0.3 is 0 Å². The highest BCUT2D eigenvalue weighted by atomic mass is 35.5. The van der Waals surface area contributed by atoms with Crippen LogP contribution in [0.15, 0.2) is 48.5 Å². The zero-order valence-electron chi connectivity index (χ0n) is 16.7. The molecule has 1 amide bonds. The van der Waals surface area contributed by atoms with Crippen LogP contribution in [0.1, 0.15) is 23.4 Å². The number of nitrogens with zero attached hydrogens (tertiary/aromatic N) is 3. The topological polar surface area (TPSA) is 50.2 Å². The Morgan fingerprint density at radius 3 is 2.41 bits per heavy atom. The van der Waals surface area contributed by atoms with Gasteiger partial charge in [-0.3, -0.25) is 4.79 Å². The number of rotatable bonds is 7. The van der Waals surface area contributed by atoms with Gasteiger partial charge in [-0.25, -0.2) is 4.68 Å². The first kappa shape index (κ1) is 21.4. The summed E-state index contributed by atoms with van der Waals surface area (Å²) >= 11 is 12.1. The first-order valence-corrected chi connectivity index (χ1v) is 10.1. The lowest BCUT2D eigenvalue weighted by Gasteiger charge is -2.17. The van der Waals surface area contributed by atoms with E-state index < -0.39 is 0 Å². The number of nitrogens with one attached hydrogen (secondary N) is 1. The van der Waals surface area contributed by atoms with Crippen molar-refractivity contribution in [3.8, 4) is 5.69 Å². The molecule has 152 valence electrons. The minimum absolute atomic E-state index is 0.0419. The normalized spacial score (nSPS) is 11.1. The highest BCUT2D eigenvalue weighted by Crippen LogP contribution is 2.23.